The van der Waals surface area contributed by atoms with Gasteiger partial charge in [-0.2, -0.15) is 0 Å². The second kappa shape index (κ2) is 7.59. The number of rotatable bonds is 5. The molecule has 2 N–H and O–H groups in total. The quantitative estimate of drug-likeness (QED) is 0.865. The predicted octanol–water partition coefficient (Wildman–Crippen LogP) is 4.19. The normalized spacial score (nSPS) is 15.3. The van der Waals surface area contributed by atoms with Crippen molar-refractivity contribution in [3.63, 3.8) is 0 Å². The topological polar surface area (TPSA) is 54.0 Å². The number of carbonyl (C=O) groups is 1. The Morgan fingerprint density at radius 1 is 1.22 bits per heavy atom. The van der Waals surface area contributed by atoms with E-state index in [0.717, 1.165) is 22.0 Å². The highest BCUT2D eigenvalue weighted by Crippen LogP contribution is 2.28. The Bertz CT molecular complexity index is 645. The maximum Gasteiger partial charge on any atom is 0.217 e. The summed E-state index contributed by atoms with van der Waals surface area (Å²) in [6.07, 6.45) is 6.53. The van der Waals surface area contributed by atoms with Gasteiger partial charge in [-0.15, -0.1) is 11.3 Å². The molecule has 1 aromatic heterocycles. The van der Waals surface area contributed by atoms with Crippen LogP contribution < -0.4 is 10.6 Å². The summed E-state index contributed by atoms with van der Waals surface area (Å²) < 4.78 is 0. The van der Waals surface area contributed by atoms with Crippen molar-refractivity contribution < 1.29 is 4.79 Å². The highest BCUT2D eigenvalue weighted by molar-refractivity contribution is 7.14. The molecule has 0 aliphatic heterocycles. The van der Waals surface area contributed by atoms with Crippen molar-refractivity contribution in [1.29, 1.82) is 0 Å². The number of benzene rings is 1. The third-order valence-corrected chi connectivity index (χ3v) is 5.00. The average molecular weight is 329 g/mol. The molecule has 1 saturated carbocycles. The van der Waals surface area contributed by atoms with Crippen LogP contribution in [0.1, 0.15) is 44.6 Å². The molecule has 3 rings (SSSR count). The summed E-state index contributed by atoms with van der Waals surface area (Å²) in [6, 6.07) is 8.80. The van der Waals surface area contributed by atoms with E-state index < -0.39 is 0 Å². The molecule has 0 atom stereocenters. The van der Waals surface area contributed by atoms with Crippen molar-refractivity contribution in [2.45, 2.75) is 51.6 Å². The van der Waals surface area contributed by atoms with E-state index in [9.17, 15) is 4.79 Å². The Kier molecular flexibility index (Phi) is 5.28. The molecule has 2 aromatic rings. The van der Waals surface area contributed by atoms with Gasteiger partial charge >= 0.3 is 0 Å². The third kappa shape index (κ3) is 4.55. The zero-order valence-electron chi connectivity index (χ0n) is 13.5. The van der Waals surface area contributed by atoms with Crippen molar-refractivity contribution in [1.82, 2.24) is 10.3 Å². The fourth-order valence-electron chi connectivity index (χ4n) is 2.91. The molecule has 1 aliphatic rings. The molecule has 1 fully saturated rings. The first-order valence-corrected chi connectivity index (χ1v) is 9.14. The Morgan fingerprint density at radius 3 is 2.65 bits per heavy atom. The van der Waals surface area contributed by atoms with Crippen LogP contribution in [0.25, 0.3) is 11.3 Å². The Hall–Kier alpha value is -1.88. The minimum Gasteiger partial charge on any atom is -0.359 e. The van der Waals surface area contributed by atoms with Crippen LogP contribution in [0.15, 0.2) is 29.6 Å². The predicted molar refractivity (Wildman–Crippen MR) is 95.6 cm³/mol. The van der Waals surface area contributed by atoms with Gasteiger partial charge in [0.15, 0.2) is 5.13 Å². The van der Waals surface area contributed by atoms with Gasteiger partial charge in [0, 0.05) is 30.5 Å². The number of thiazole rings is 1. The van der Waals surface area contributed by atoms with E-state index in [1.165, 1.54) is 39.0 Å². The SMILES string of the molecule is CC(=O)NCc1ccc(-c2csc(NC3CCCCC3)n2)cc1. The highest BCUT2D eigenvalue weighted by atomic mass is 32.1. The van der Waals surface area contributed by atoms with Crippen molar-refractivity contribution in [3.05, 3.63) is 35.2 Å². The first-order valence-electron chi connectivity index (χ1n) is 8.26. The van der Waals surface area contributed by atoms with Gasteiger partial charge in [-0.3, -0.25) is 4.79 Å². The smallest absolute Gasteiger partial charge is 0.217 e. The van der Waals surface area contributed by atoms with Crippen molar-refractivity contribution in [2.24, 2.45) is 0 Å². The maximum atomic E-state index is 10.9. The largest absolute Gasteiger partial charge is 0.359 e. The van der Waals surface area contributed by atoms with E-state index in [1.54, 1.807) is 11.3 Å². The van der Waals surface area contributed by atoms with Gasteiger partial charge in [0.25, 0.3) is 0 Å². The van der Waals surface area contributed by atoms with Crippen LogP contribution in [0.4, 0.5) is 5.13 Å². The summed E-state index contributed by atoms with van der Waals surface area (Å²) in [5.74, 6) is -0.00740. The summed E-state index contributed by atoms with van der Waals surface area (Å²) in [6.45, 7) is 2.10. The molecule has 1 amide bonds. The zero-order chi connectivity index (χ0) is 16.1. The lowest BCUT2D eigenvalue weighted by Crippen LogP contribution is -2.21. The number of nitrogens with zero attached hydrogens (tertiary/aromatic N) is 1. The van der Waals surface area contributed by atoms with E-state index in [1.807, 2.05) is 12.1 Å². The van der Waals surface area contributed by atoms with Crippen molar-refractivity contribution >= 4 is 22.4 Å². The van der Waals surface area contributed by atoms with Crippen LogP contribution in [-0.4, -0.2) is 16.9 Å². The first kappa shape index (κ1) is 16.0. The molecular formula is C18H23N3OS. The lowest BCUT2D eigenvalue weighted by Gasteiger charge is -2.22. The first-order chi connectivity index (χ1) is 11.2. The molecule has 0 radical (unpaired) electrons. The van der Waals surface area contributed by atoms with E-state index in [2.05, 4.69) is 28.1 Å². The van der Waals surface area contributed by atoms with E-state index in [-0.39, 0.29) is 5.91 Å². The lowest BCUT2D eigenvalue weighted by atomic mass is 9.96. The average Bonchev–Trinajstić information content (AvgIpc) is 3.03. The molecule has 1 aliphatic carbocycles. The molecule has 0 bridgehead atoms. The summed E-state index contributed by atoms with van der Waals surface area (Å²) in [5, 5.41) is 9.51. The highest BCUT2D eigenvalue weighted by Gasteiger charge is 2.14. The van der Waals surface area contributed by atoms with Crippen LogP contribution in [0.2, 0.25) is 0 Å². The molecule has 23 heavy (non-hydrogen) atoms. The molecule has 1 heterocycles. The minimum absolute atomic E-state index is 0.00740. The molecule has 122 valence electrons. The third-order valence-electron chi connectivity index (χ3n) is 4.23. The molecule has 1 aromatic carbocycles. The molecule has 4 nitrogen and oxygen atoms in total. The van der Waals surface area contributed by atoms with Crippen LogP contribution in [-0.2, 0) is 11.3 Å². The van der Waals surface area contributed by atoms with Gasteiger partial charge in [-0.25, -0.2) is 4.98 Å². The van der Waals surface area contributed by atoms with Crippen LogP contribution in [0.3, 0.4) is 0 Å². The zero-order valence-corrected chi connectivity index (χ0v) is 14.3. The lowest BCUT2D eigenvalue weighted by molar-refractivity contribution is -0.119. The van der Waals surface area contributed by atoms with Gasteiger partial charge in [0.2, 0.25) is 5.91 Å². The maximum absolute atomic E-state index is 10.9. The number of aromatic nitrogens is 1. The number of amides is 1. The second-order valence-corrected chi connectivity index (χ2v) is 6.98. The van der Waals surface area contributed by atoms with E-state index >= 15 is 0 Å². The van der Waals surface area contributed by atoms with Crippen LogP contribution in [0.5, 0.6) is 0 Å². The Morgan fingerprint density at radius 2 is 1.96 bits per heavy atom. The van der Waals surface area contributed by atoms with Crippen molar-refractivity contribution in [2.75, 3.05) is 5.32 Å². The second-order valence-electron chi connectivity index (χ2n) is 6.12. The van der Waals surface area contributed by atoms with Crippen LogP contribution >= 0.6 is 11.3 Å². The summed E-state index contributed by atoms with van der Waals surface area (Å²) in [7, 11) is 0. The number of hydrogen-bond acceptors (Lipinski definition) is 4. The number of anilines is 1. The number of hydrogen-bond donors (Lipinski definition) is 2. The fraction of sp³-hybridized carbons (Fsp3) is 0.444. The minimum atomic E-state index is -0.00740. The molecule has 0 unspecified atom stereocenters. The van der Waals surface area contributed by atoms with Gasteiger partial charge in [0.05, 0.1) is 5.69 Å². The monoisotopic (exact) mass is 329 g/mol. The Balaban J connectivity index is 1.61. The van der Waals surface area contributed by atoms with Gasteiger partial charge in [-0.1, -0.05) is 43.5 Å². The van der Waals surface area contributed by atoms with Gasteiger partial charge in [-0.05, 0) is 18.4 Å². The van der Waals surface area contributed by atoms with Gasteiger partial charge in [0.1, 0.15) is 0 Å². The summed E-state index contributed by atoms with van der Waals surface area (Å²) in [4.78, 5) is 15.7. The molecule has 0 spiro atoms. The number of nitrogens with one attached hydrogen (secondary N) is 2. The van der Waals surface area contributed by atoms with E-state index in [4.69, 9.17) is 4.98 Å². The Labute approximate surface area is 141 Å². The molecular weight excluding hydrogens is 306 g/mol. The van der Waals surface area contributed by atoms with Gasteiger partial charge < -0.3 is 10.6 Å². The summed E-state index contributed by atoms with van der Waals surface area (Å²) in [5.41, 5.74) is 3.23. The fourth-order valence-corrected chi connectivity index (χ4v) is 3.71. The standard InChI is InChI=1S/C18H23N3OS/c1-13(22)19-11-14-7-9-15(10-8-14)17-12-23-18(21-17)20-16-5-3-2-4-6-16/h7-10,12,16H,2-6,11H2,1H3,(H,19,22)(H,20,21). The molecule has 0 saturated heterocycles. The summed E-state index contributed by atoms with van der Waals surface area (Å²) >= 11 is 1.68. The van der Waals surface area contributed by atoms with E-state index in [0.29, 0.717) is 12.6 Å². The molecule has 5 heteroatoms. The van der Waals surface area contributed by atoms with Crippen LogP contribution in [0, 0.1) is 0 Å². The number of carbonyl (C=O) groups excluding carboxylic acids is 1. The van der Waals surface area contributed by atoms with Crippen molar-refractivity contribution in [3.8, 4) is 11.3 Å².